The van der Waals surface area contributed by atoms with Crippen molar-refractivity contribution >= 4 is 0 Å². The number of nitrogens with zero attached hydrogens (tertiary/aromatic N) is 6. The van der Waals surface area contributed by atoms with Crippen molar-refractivity contribution < 1.29 is 8.94 Å². The molecule has 126 valence electrons. The standard InChI is InChI=1S/C15H24N6O2/c1-3-13-16-12(19-23-13)10-20-6-5-7-21(9-8-20)11-15-18-17-14(4-2)22-15/h3-11H2,1-2H3. The Bertz CT molecular complexity index is 558. The molecule has 3 heterocycles. The van der Waals surface area contributed by atoms with E-state index >= 15 is 0 Å². The lowest BCUT2D eigenvalue weighted by Gasteiger charge is -2.19. The van der Waals surface area contributed by atoms with Gasteiger partial charge < -0.3 is 8.94 Å². The van der Waals surface area contributed by atoms with E-state index < -0.39 is 0 Å². The van der Waals surface area contributed by atoms with E-state index in [1.165, 1.54) is 0 Å². The Morgan fingerprint density at radius 2 is 1.57 bits per heavy atom. The van der Waals surface area contributed by atoms with Gasteiger partial charge in [0.2, 0.25) is 17.7 Å². The Kier molecular flexibility index (Phi) is 5.35. The van der Waals surface area contributed by atoms with Crippen LogP contribution in [0.1, 0.15) is 43.8 Å². The largest absolute Gasteiger partial charge is 0.424 e. The summed E-state index contributed by atoms with van der Waals surface area (Å²) < 4.78 is 10.8. The van der Waals surface area contributed by atoms with E-state index in [1.807, 2.05) is 13.8 Å². The first-order valence-electron chi connectivity index (χ1n) is 8.34. The van der Waals surface area contributed by atoms with Gasteiger partial charge in [0.05, 0.1) is 13.1 Å². The van der Waals surface area contributed by atoms with Gasteiger partial charge in [-0.15, -0.1) is 10.2 Å². The van der Waals surface area contributed by atoms with Crippen LogP contribution in [-0.4, -0.2) is 56.3 Å². The Labute approximate surface area is 135 Å². The molecule has 0 atom stereocenters. The average Bonchev–Trinajstić information content (AvgIpc) is 3.15. The van der Waals surface area contributed by atoms with Crippen molar-refractivity contribution in [3.8, 4) is 0 Å². The third-order valence-electron chi connectivity index (χ3n) is 4.03. The fourth-order valence-electron chi connectivity index (χ4n) is 2.72. The highest BCUT2D eigenvalue weighted by atomic mass is 16.5. The van der Waals surface area contributed by atoms with Crippen molar-refractivity contribution in [2.45, 2.75) is 46.2 Å². The summed E-state index contributed by atoms with van der Waals surface area (Å²) >= 11 is 0. The van der Waals surface area contributed by atoms with Gasteiger partial charge in [-0.25, -0.2) is 0 Å². The SMILES string of the molecule is CCc1nc(CN2CCCN(Cc3nnc(CC)o3)CC2)no1. The predicted octanol–water partition coefficient (Wildman–Crippen LogP) is 1.29. The van der Waals surface area contributed by atoms with Crippen LogP contribution in [-0.2, 0) is 25.9 Å². The molecule has 1 fully saturated rings. The molecule has 1 aliphatic rings. The van der Waals surface area contributed by atoms with Crippen molar-refractivity contribution in [1.82, 2.24) is 30.1 Å². The summed E-state index contributed by atoms with van der Waals surface area (Å²) in [6, 6.07) is 0. The molecule has 0 spiro atoms. The minimum absolute atomic E-state index is 0.708. The highest BCUT2D eigenvalue weighted by Crippen LogP contribution is 2.11. The zero-order valence-corrected chi connectivity index (χ0v) is 13.9. The molecule has 2 aromatic heterocycles. The average molecular weight is 320 g/mol. The fraction of sp³-hybridized carbons (Fsp3) is 0.733. The molecule has 0 aliphatic carbocycles. The van der Waals surface area contributed by atoms with Gasteiger partial charge in [0, 0.05) is 25.9 Å². The molecule has 0 N–H and O–H groups in total. The predicted molar refractivity (Wildman–Crippen MR) is 82.5 cm³/mol. The molecule has 8 nitrogen and oxygen atoms in total. The highest BCUT2D eigenvalue weighted by molar-refractivity contribution is 4.87. The summed E-state index contributed by atoms with van der Waals surface area (Å²) in [5.41, 5.74) is 0. The van der Waals surface area contributed by atoms with Crippen molar-refractivity contribution in [1.29, 1.82) is 0 Å². The van der Waals surface area contributed by atoms with Gasteiger partial charge in [-0.2, -0.15) is 4.98 Å². The van der Waals surface area contributed by atoms with E-state index in [9.17, 15) is 0 Å². The van der Waals surface area contributed by atoms with E-state index in [2.05, 4.69) is 30.1 Å². The molecule has 23 heavy (non-hydrogen) atoms. The quantitative estimate of drug-likeness (QED) is 0.787. The lowest BCUT2D eigenvalue weighted by molar-refractivity contribution is 0.226. The van der Waals surface area contributed by atoms with E-state index in [-0.39, 0.29) is 0 Å². The van der Waals surface area contributed by atoms with Crippen molar-refractivity contribution in [3.05, 3.63) is 23.5 Å². The van der Waals surface area contributed by atoms with Crippen LogP contribution in [0.3, 0.4) is 0 Å². The van der Waals surface area contributed by atoms with Crippen molar-refractivity contribution in [2.24, 2.45) is 0 Å². The van der Waals surface area contributed by atoms with Gasteiger partial charge in [-0.1, -0.05) is 19.0 Å². The molecule has 2 aromatic rings. The molecule has 0 amide bonds. The molecule has 3 rings (SSSR count). The number of aryl methyl sites for hydroxylation is 2. The second kappa shape index (κ2) is 7.65. The lowest BCUT2D eigenvalue weighted by Crippen LogP contribution is -2.30. The van der Waals surface area contributed by atoms with Crippen LogP contribution in [0, 0.1) is 0 Å². The molecule has 8 heteroatoms. The van der Waals surface area contributed by atoms with Gasteiger partial charge in [0.25, 0.3) is 0 Å². The molecule has 1 aliphatic heterocycles. The van der Waals surface area contributed by atoms with Crippen LogP contribution >= 0.6 is 0 Å². The van der Waals surface area contributed by atoms with E-state index in [4.69, 9.17) is 8.94 Å². The second-order valence-corrected chi connectivity index (χ2v) is 5.81. The zero-order valence-electron chi connectivity index (χ0n) is 13.9. The Hall–Kier alpha value is -1.80. The Morgan fingerprint density at radius 1 is 0.870 bits per heavy atom. The molecule has 0 radical (unpaired) electrons. The van der Waals surface area contributed by atoms with Crippen LogP contribution in [0.15, 0.2) is 8.94 Å². The first-order valence-corrected chi connectivity index (χ1v) is 8.34. The summed E-state index contributed by atoms with van der Waals surface area (Å²) in [5.74, 6) is 2.90. The van der Waals surface area contributed by atoms with Crippen molar-refractivity contribution in [2.75, 3.05) is 26.2 Å². The zero-order chi connectivity index (χ0) is 16.1. The third kappa shape index (κ3) is 4.35. The number of aromatic nitrogens is 4. The number of hydrogen-bond acceptors (Lipinski definition) is 8. The maximum absolute atomic E-state index is 5.60. The summed E-state index contributed by atoms with van der Waals surface area (Å²) in [5, 5.41) is 12.2. The van der Waals surface area contributed by atoms with Gasteiger partial charge in [-0.3, -0.25) is 9.80 Å². The molecular weight excluding hydrogens is 296 g/mol. The van der Waals surface area contributed by atoms with Crippen molar-refractivity contribution in [3.63, 3.8) is 0 Å². The van der Waals surface area contributed by atoms with Crippen LogP contribution in [0.5, 0.6) is 0 Å². The normalized spacial score (nSPS) is 17.5. The molecule has 0 unspecified atom stereocenters. The molecule has 1 saturated heterocycles. The van der Waals surface area contributed by atoms with E-state index in [1.54, 1.807) is 0 Å². The summed E-state index contributed by atoms with van der Waals surface area (Å²) in [6.45, 7) is 9.53. The van der Waals surface area contributed by atoms with Crippen LogP contribution in [0.2, 0.25) is 0 Å². The Balaban J connectivity index is 1.50. The fourth-order valence-corrected chi connectivity index (χ4v) is 2.72. The maximum Gasteiger partial charge on any atom is 0.230 e. The highest BCUT2D eigenvalue weighted by Gasteiger charge is 2.18. The summed E-state index contributed by atoms with van der Waals surface area (Å²) in [4.78, 5) is 9.12. The van der Waals surface area contributed by atoms with E-state index in [0.29, 0.717) is 17.7 Å². The number of rotatable bonds is 6. The van der Waals surface area contributed by atoms with Gasteiger partial charge >= 0.3 is 0 Å². The third-order valence-corrected chi connectivity index (χ3v) is 4.03. The monoisotopic (exact) mass is 320 g/mol. The first kappa shape index (κ1) is 16.1. The van der Waals surface area contributed by atoms with Gasteiger partial charge in [-0.05, 0) is 19.5 Å². The molecule has 0 saturated carbocycles. The lowest BCUT2D eigenvalue weighted by atomic mass is 10.3. The number of hydrogen-bond donors (Lipinski definition) is 0. The topological polar surface area (TPSA) is 84.3 Å². The smallest absolute Gasteiger partial charge is 0.230 e. The second-order valence-electron chi connectivity index (χ2n) is 5.81. The summed E-state index contributed by atoms with van der Waals surface area (Å²) in [6.07, 6.45) is 2.67. The van der Waals surface area contributed by atoms with Crippen LogP contribution in [0.4, 0.5) is 0 Å². The minimum atomic E-state index is 0.708. The minimum Gasteiger partial charge on any atom is -0.424 e. The maximum atomic E-state index is 5.60. The molecule has 0 aromatic carbocycles. The van der Waals surface area contributed by atoms with Gasteiger partial charge in [0.1, 0.15) is 0 Å². The summed E-state index contributed by atoms with van der Waals surface area (Å²) in [7, 11) is 0. The molecule has 0 bridgehead atoms. The van der Waals surface area contributed by atoms with Gasteiger partial charge in [0.15, 0.2) is 5.82 Å². The molecular formula is C15H24N6O2. The Morgan fingerprint density at radius 3 is 2.22 bits per heavy atom. The van der Waals surface area contributed by atoms with E-state index in [0.717, 1.165) is 64.4 Å². The first-order chi connectivity index (χ1) is 11.3. The van der Waals surface area contributed by atoms with Crippen LogP contribution < -0.4 is 0 Å². The van der Waals surface area contributed by atoms with Crippen LogP contribution in [0.25, 0.3) is 0 Å².